The predicted molar refractivity (Wildman–Crippen MR) is 255 cm³/mol. The van der Waals surface area contributed by atoms with Gasteiger partial charge in [0.2, 0.25) is 0 Å². The molecule has 0 amide bonds. The summed E-state index contributed by atoms with van der Waals surface area (Å²) in [7, 11) is 0. The number of aromatic nitrogens is 3. The van der Waals surface area contributed by atoms with Crippen LogP contribution < -0.4 is 0 Å². The highest BCUT2D eigenvalue weighted by atomic mass is 16.3. The summed E-state index contributed by atoms with van der Waals surface area (Å²) in [6, 6.07) is 32.3. The molecule has 0 aliphatic heterocycles. The van der Waals surface area contributed by atoms with E-state index in [2.05, 4.69) is 4.98 Å². The van der Waals surface area contributed by atoms with Crippen molar-refractivity contribution in [2.45, 2.75) is 58.8 Å². The summed E-state index contributed by atoms with van der Waals surface area (Å²) in [4.78, 5) is 9.63. The highest BCUT2D eigenvalue weighted by Gasteiger charge is 2.29. The number of rotatable bonds is 7. The number of imidazole rings is 1. The Morgan fingerprint density at radius 1 is 0.557 bits per heavy atom. The van der Waals surface area contributed by atoms with E-state index in [1.807, 2.05) is 0 Å². The molecule has 0 radical (unpaired) electrons. The van der Waals surface area contributed by atoms with Crippen molar-refractivity contribution < 1.29 is 40.7 Å². The molecule has 61 heavy (non-hydrogen) atoms. The zero-order chi connectivity index (χ0) is 64.3. The van der Waals surface area contributed by atoms with Gasteiger partial charge < -0.3 is 5.11 Å². The van der Waals surface area contributed by atoms with Gasteiger partial charge in [0.05, 0.1) is 29.1 Å². The van der Waals surface area contributed by atoms with Crippen molar-refractivity contribution in [2.75, 3.05) is 0 Å². The fourth-order valence-electron chi connectivity index (χ4n) is 7.49. The highest BCUT2D eigenvalue weighted by molar-refractivity contribution is 5.98. The number of fused-ring (bicyclic) bond motifs is 1. The van der Waals surface area contributed by atoms with Gasteiger partial charge in [-0.05, 0) is 122 Å². The third kappa shape index (κ3) is 7.66. The number of phenols is 1. The molecule has 0 saturated heterocycles. The van der Waals surface area contributed by atoms with Crippen LogP contribution in [0.15, 0.2) is 176 Å². The van der Waals surface area contributed by atoms with E-state index in [9.17, 15) is 5.11 Å². The zero-order valence-corrected chi connectivity index (χ0v) is 32.1. The Hall–Kier alpha value is -7.04. The van der Waals surface area contributed by atoms with Crippen LogP contribution in [0.4, 0.5) is 0 Å². The SMILES string of the molecule is [2H]c1c([2H])c([2H])c(-c2ccnc(-c3cc(-c4ccccc4)cc(-c4cccc5c4nc(-c4cc(C(C([2H])([2H])[2H])(C([2H])([2H])[2H])C([2H])([2H])[2H])cc(C(C([2H])([2H])[2H])(C([2H])([2H])[2H])C([2H])([2H])[2H])c4O)n5-c4ccc(-c5ccccc5)c(C([2H])([2H])[2H])c4)c3)c2)c([2H])c1[2H]. The molecule has 9 aromatic rings. The fraction of sp³-hybridized carbons (Fsp3) is 0.158. The number of hydrogen-bond donors (Lipinski definition) is 1. The van der Waals surface area contributed by atoms with E-state index in [0.717, 1.165) is 0 Å². The molecular formula is C57H51N3O. The summed E-state index contributed by atoms with van der Waals surface area (Å²) >= 11 is 0. The molecule has 7 aromatic carbocycles. The van der Waals surface area contributed by atoms with Gasteiger partial charge in [0, 0.05) is 57.4 Å². The first-order valence-corrected chi connectivity index (χ1v) is 19.0. The Morgan fingerprint density at radius 3 is 2.02 bits per heavy atom. The second-order valence-corrected chi connectivity index (χ2v) is 14.6. The first-order valence-electron chi connectivity index (χ1n) is 32.0. The molecule has 0 bridgehead atoms. The molecule has 300 valence electrons. The number of phenolic OH excluding ortho intramolecular Hbond substituents is 1. The van der Waals surface area contributed by atoms with Crippen molar-refractivity contribution >= 4 is 11.0 Å². The molecule has 0 aliphatic rings. The third-order valence-electron chi connectivity index (χ3n) is 10.4. The maximum atomic E-state index is 13.0. The van der Waals surface area contributed by atoms with Gasteiger partial charge in [-0.3, -0.25) is 9.55 Å². The van der Waals surface area contributed by atoms with Crippen LogP contribution in [0.5, 0.6) is 5.75 Å². The minimum Gasteiger partial charge on any atom is -0.507 e. The minimum atomic E-state index is -4.26. The topological polar surface area (TPSA) is 50.9 Å². The average Bonchev–Trinajstić information content (AvgIpc) is 1.16. The number of para-hydroxylation sites is 1. The monoisotopic (exact) mass is 820 g/mol. The molecular weight excluding hydrogens is 743 g/mol. The lowest BCUT2D eigenvalue weighted by molar-refractivity contribution is 0.446. The lowest BCUT2D eigenvalue weighted by atomic mass is 9.79. The smallest absolute Gasteiger partial charge is 0.149 e. The summed E-state index contributed by atoms with van der Waals surface area (Å²) in [6.45, 7) is -28.1. The van der Waals surface area contributed by atoms with Crippen LogP contribution in [0.1, 0.15) is 93.4 Å². The van der Waals surface area contributed by atoms with Gasteiger partial charge in [-0.15, -0.1) is 0 Å². The molecule has 0 unspecified atom stereocenters. The minimum absolute atomic E-state index is 0.00762. The molecule has 0 atom stereocenters. The Morgan fingerprint density at radius 2 is 1.28 bits per heavy atom. The highest BCUT2D eigenvalue weighted by Crippen LogP contribution is 2.45. The van der Waals surface area contributed by atoms with E-state index < -0.39 is 117 Å². The summed E-state index contributed by atoms with van der Waals surface area (Å²) in [5.41, 5.74) is -9.64. The largest absolute Gasteiger partial charge is 0.507 e. The van der Waals surface area contributed by atoms with Crippen LogP contribution in [-0.4, -0.2) is 19.6 Å². The van der Waals surface area contributed by atoms with Crippen molar-refractivity contribution in [3.63, 3.8) is 0 Å². The molecule has 4 heteroatoms. The van der Waals surface area contributed by atoms with Gasteiger partial charge in [0.15, 0.2) is 0 Å². The Kier molecular flexibility index (Phi) is 4.98. The predicted octanol–water partition coefficient (Wildman–Crippen LogP) is 15.0. The fourth-order valence-corrected chi connectivity index (χ4v) is 7.49. The molecule has 0 spiro atoms. The lowest BCUT2D eigenvalue weighted by Crippen LogP contribution is -2.17. The van der Waals surface area contributed by atoms with E-state index in [0.29, 0.717) is 33.9 Å². The molecule has 2 aromatic heterocycles. The van der Waals surface area contributed by atoms with Crippen molar-refractivity contribution in [2.24, 2.45) is 0 Å². The number of aryl methyl sites for hydroxylation is 1. The normalized spacial score (nSPS) is 19.6. The maximum absolute atomic E-state index is 13.0. The van der Waals surface area contributed by atoms with Gasteiger partial charge in [0.25, 0.3) is 0 Å². The Labute approximate surface area is 396 Å². The summed E-state index contributed by atoms with van der Waals surface area (Å²) < 4.78 is 227. The molecule has 0 aliphatic carbocycles. The van der Waals surface area contributed by atoms with Gasteiger partial charge in [-0.25, -0.2) is 4.98 Å². The van der Waals surface area contributed by atoms with E-state index in [4.69, 9.17) is 40.6 Å². The van der Waals surface area contributed by atoms with Crippen molar-refractivity contribution in [3.8, 4) is 78.6 Å². The molecule has 1 N–H and O–H groups in total. The van der Waals surface area contributed by atoms with Crippen LogP contribution in [0.2, 0.25) is 0 Å². The standard InChI is InChI=1S/C57H51N3O/c1-37-30-46(26-27-47(37)40-22-15-10-16-23-40)60-52-25-17-24-48(53(52)59-55(60)49-35-45(56(2,3)4)36-50(54(49)61)57(5,6)7)43-31-42(39-20-13-9-14-21-39)32-44(33-43)51-34-41(28-29-58-51)38-18-11-8-12-19-38/h8-36,61H,1-7H3/i1D3,2D3,3D3,4D3,5D3,6D3,7D3,8D,11D,12D,18D,19D. The van der Waals surface area contributed by atoms with Gasteiger partial charge in [-0.2, -0.15) is 0 Å². The van der Waals surface area contributed by atoms with Crippen molar-refractivity contribution in [1.82, 2.24) is 14.5 Å². The number of nitrogens with zero attached hydrogens (tertiary/aromatic N) is 3. The third-order valence-corrected chi connectivity index (χ3v) is 10.4. The number of pyridine rings is 1. The number of benzene rings is 7. The van der Waals surface area contributed by atoms with Crippen LogP contribution in [0, 0.1) is 6.85 Å². The van der Waals surface area contributed by atoms with Crippen LogP contribution in [0.3, 0.4) is 0 Å². The second kappa shape index (κ2) is 15.5. The Bertz CT molecular complexity index is 4030. The first kappa shape index (κ1) is 19.6. The molecule has 2 heterocycles. The molecule has 0 saturated carbocycles. The van der Waals surface area contributed by atoms with Crippen LogP contribution in [0.25, 0.3) is 83.9 Å². The summed E-state index contributed by atoms with van der Waals surface area (Å²) in [5, 5.41) is 13.0. The lowest BCUT2D eigenvalue weighted by Gasteiger charge is -2.27. The zero-order valence-electron chi connectivity index (χ0n) is 58.1. The van der Waals surface area contributed by atoms with Gasteiger partial charge in [-0.1, -0.05) is 156 Å². The second-order valence-electron chi connectivity index (χ2n) is 14.6. The number of aromatic hydroxyl groups is 1. The molecule has 4 nitrogen and oxygen atoms in total. The molecule has 0 fully saturated rings. The van der Waals surface area contributed by atoms with Gasteiger partial charge in [0.1, 0.15) is 11.6 Å². The summed E-state index contributed by atoms with van der Waals surface area (Å²) in [5.74, 6) is -2.19. The van der Waals surface area contributed by atoms with Gasteiger partial charge >= 0.3 is 0 Å². The van der Waals surface area contributed by atoms with E-state index in [1.165, 1.54) is 47.2 Å². The molecule has 9 rings (SSSR count). The van der Waals surface area contributed by atoms with E-state index in [-0.39, 0.29) is 56.3 Å². The number of hydrogen-bond acceptors (Lipinski definition) is 3. The van der Waals surface area contributed by atoms with Crippen molar-refractivity contribution in [3.05, 3.63) is 193 Å². The average molecular weight is 820 g/mol. The van der Waals surface area contributed by atoms with Crippen LogP contribution in [-0.2, 0) is 10.8 Å². The van der Waals surface area contributed by atoms with E-state index in [1.54, 1.807) is 91.0 Å². The Balaban J connectivity index is 1.48. The van der Waals surface area contributed by atoms with E-state index >= 15 is 0 Å². The maximum Gasteiger partial charge on any atom is 0.149 e. The van der Waals surface area contributed by atoms with Crippen LogP contribution >= 0.6 is 0 Å². The summed E-state index contributed by atoms with van der Waals surface area (Å²) in [6.07, 6.45) is 1.39. The quantitative estimate of drug-likeness (QED) is 0.174. The first-order chi connectivity index (χ1) is 40.1. The van der Waals surface area contributed by atoms with Crippen molar-refractivity contribution in [1.29, 1.82) is 0 Å².